The quantitative estimate of drug-likeness (QED) is 0.839. The summed E-state index contributed by atoms with van der Waals surface area (Å²) in [5.41, 5.74) is 6.35. The Balaban J connectivity index is 3.04. The fourth-order valence-electron chi connectivity index (χ4n) is 1.61. The monoisotopic (exact) mass is 253 g/mol. The highest BCUT2D eigenvalue weighted by Crippen LogP contribution is 2.28. The van der Waals surface area contributed by atoms with E-state index in [2.05, 4.69) is 37.4 Å². The predicted octanol–water partition coefficient (Wildman–Crippen LogP) is 2.24. The van der Waals surface area contributed by atoms with E-state index in [1.807, 2.05) is 11.5 Å². The number of esters is 1. The van der Waals surface area contributed by atoms with E-state index in [1.54, 1.807) is 0 Å². The van der Waals surface area contributed by atoms with Gasteiger partial charge in [0.05, 0.1) is 7.11 Å². The Kier molecular flexibility index (Phi) is 4.04. The van der Waals surface area contributed by atoms with Crippen LogP contribution in [0, 0.1) is 18.3 Å². The van der Waals surface area contributed by atoms with Crippen molar-refractivity contribution in [3.63, 3.8) is 0 Å². The molecule has 0 bridgehead atoms. The number of nitrogens with zero attached hydrogens (tertiary/aromatic N) is 2. The highest BCUT2D eigenvalue weighted by atomic mass is 16.5. The van der Waals surface area contributed by atoms with E-state index in [4.69, 9.17) is 5.73 Å². The van der Waals surface area contributed by atoms with Crippen molar-refractivity contribution in [1.82, 2.24) is 9.55 Å². The highest BCUT2D eigenvalue weighted by Gasteiger charge is 2.24. The zero-order valence-electron chi connectivity index (χ0n) is 12.1. The van der Waals surface area contributed by atoms with Crippen molar-refractivity contribution in [1.29, 1.82) is 0 Å². The molecule has 1 rings (SSSR count). The second-order valence-corrected chi connectivity index (χ2v) is 5.76. The lowest BCUT2D eigenvalue weighted by Gasteiger charge is -2.28. The lowest BCUT2D eigenvalue weighted by molar-refractivity contribution is 0.0595. The maximum Gasteiger partial charge on any atom is 0.360 e. The molecule has 1 heterocycles. The van der Waals surface area contributed by atoms with Gasteiger partial charge >= 0.3 is 5.97 Å². The number of aromatic nitrogens is 2. The van der Waals surface area contributed by atoms with Crippen molar-refractivity contribution >= 4 is 11.8 Å². The van der Waals surface area contributed by atoms with E-state index >= 15 is 0 Å². The number of aryl methyl sites for hydroxylation is 1. The molecule has 0 aliphatic rings. The molecule has 0 amide bonds. The molecule has 1 aromatic heterocycles. The second kappa shape index (κ2) is 5.00. The van der Waals surface area contributed by atoms with Gasteiger partial charge in [-0.3, -0.25) is 0 Å². The Bertz CT molecular complexity index is 444. The van der Waals surface area contributed by atoms with Gasteiger partial charge in [0.2, 0.25) is 0 Å². The summed E-state index contributed by atoms with van der Waals surface area (Å²) in [6.07, 6.45) is 0. The summed E-state index contributed by atoms with van der Waals surface area (Å²) in [5, 5.41) is 0. The van der Waals surface area contributed by atoms with Crippen LogP contribution in [0.5, 0.6) is 0 Å². The SMILES string of the molecule is COC(=O)c1nc(C)n(CC(C)C(C)(C)C)c1N. The molecule has 0 saturated heterocycles. The van der Waals surface area contributed by atoms with Gasteiger partial charge in [-0.1, -0.05) is 27.7 Å². The third-order valence-electron chi connectivity index (χ3n) is 3.51. The van der Waals surface area contributed by atoms with Crippen LogP contribution in [0.1, 0.15) is 44.0 Å². The molecule has 0 radical (unpaired) electrons. The van der Waals surface area contributed by atoms with Crippen LogP contribution in [-0.4, -0.2) is 22.6 Å². The molecule has 0 aromatic carbocycles. The van der Waals surface area contributed by atoms with E-state index in [0.29, 0.717) is 11.7 Å². The number of imidazole rings is 1. The van der Waals surface area contributed by atoms with Crippen LogP contribution in [-0.2, 0) is 11.3 Å². The minimum Gasteiger partial charge on any atom is -0.464 e. The maximum atomic E-state index is 11.5. The lowest BCUT2D eigenvalue weighted by Crippen LogP contribution is -2.23. The van der Waals surface area contributed by atoms with Crippen LogP contribution < -0.4 is 5.73 Å². The van der Waals surface area contributed by atoms with Crippen LogP contribution in [0.15, 0.2) is 0 Å². The predicted molar refractivity (Wildman–Crippen MR) is 71.3 cm³/mol. The highest BCUT2D eigenvalue weighted by molar-refractivity contribution is 5.92. The number of nitrogens with two attached hydrogens (primary N) is 1. The molecule has 0 saturated carbocycles. The minimum atomic E-state index is -0.488. The number of nitrogen functional groups attached to an aromatic ring is 1. The van der Waals surface area contributed by atoms with Crippen LogP contribution in [0.2, 0.25) is 0 Å². The van der Waals surface area contributed by atoms with Crippen molar-refractivity contribution < 1.29 is 9.53 Å². The molecule has 0 spiro atoms. The van der Waals surface area contributed by atoms with Crippen molar-refractivity contribution in [3.8, 4) is 0 Å². The first-order valence-electron chi connectivity index (χ1n) is 6.09. The van der Waals surface area contributed by atoms with E-state index in [1.165, 1.54) is 7.11 Å². The average molecular weight is 253 g/mol. The van der Waals surface area contributed by atoms with Gasteiger partial charge in [-0.2, -0.15) is 0 Å². The normalized spacial score (nSPS) is 13.4. The molecule has 0 aliphatic carbocycles. The number of hydrogen-bond acceptors (Lipinski definition) is 4. The summed E-state index contributed by atoms with van der Waals surface area (Å²) in [6.45, 7) is 11.3. The molecule has 5 nitrogen and oxygen atoms in total. The van der Waals surface area contributed by atoms with E-state index in [0.717, 1.165) is 12.4 Å². The third kappa shape index (κ3) is 2.83. The van der Waals surface area contributed by atoms with Crippen molar-refractivity contribution in [2.75, 3.05) is 12.8 Å². The summed E-state index contributed by atoms with van der Waals surface area (Å²) in [4.78, 5) is 15.7. The molecule has 1 unspecified atom stereocenters. The first kappa shape index (κ1) is 14.5. The number of carbonyl (C=O) groups excluding carboxylic acids is 1. The van der Waals surface area contributed by atoms with Gasteiger partial charge < -0.3 is 15.0 Å². The minimum absolute atomic E-state index is 0.175. The molecule has 2 N–H and O–H groups in total. The van der Waals surface area contributed by atoms with Gasteiger partial charge in [0.25, 0.3) is 0 Å². The van der Waals surface area contributed by atoms with Gasteiger partial charge in [0, 0.05) is 6.54 Å². The Hall–Kier alpha value is -1.52. The molecule has 5 heteroatoms. The van der Waals surface area contributed by atoms with Gasteiger partial charge in [-0.15, -0.1) is 0 Å². The summed E-state index contributed by atoms with van der Waals surface area (Å²) in [7, 11) is 1.33. The Morgan fingerprint density at radius 2 is 2.06 bits per heavy atom. The smallest absolute Gasteiger partial charge is 0.360 e. The van der Waals surface area contributed by atoms with Crippen LogP contribution in [0.4, 0.5) is 5.82 Å². The van der Waals surface area contributed by atoms with Gasteiger partial charge in [-0.05, 0) is 18.3 Å². The molecule has 0 aliphatic heterocycles. The number of ether oxygens (including phenoxy) is 1. The fourth-order valence-corrected chi connectivity index (χ4v) is 1.61. The largest absolute Gasteiger partial charge is 0.464 e. The Morgan fingerprint density at radius 1 is 1.50 bits per heavy atom. The topological polar surface area (TPSA) is 70.1 Å². The Labute approximate surface area is 108 Å². The molecular weight excluding hydrogens is 230 g/mol. The fraction of sp³-hybridized carbons (Fsp3) is 0.692. The molecule has 1 atom stereocenters. The van der Waals surface area contributed by atoms with Crippen molar-refractivity contribution in [2.24, 2.45) is 11.3 Å². The van der Waals surface area contributed by atoms with Crippen LogP contribution >= 0.6 is 0 Å². The first-order chi connectivity index (χ1) is 8.18. The summed E-state index contributed by atoms with van der Waals surface area (Å²) in [6, 6.07) is 0. The maximum absolute atomic E-state index is 11.5. The zero-order chi connectivity index (χ0) is 14.1. The average Bonchev–Trinajstić information content (AvgIpc) is 2.54. The summed E-state index contributed by atoms with van der Waals surface area (Å²) >= 11 is 0. The van der Waals surface area contributed by atoms with E-state index < -0.39 is 5.97 Å². The molecule has 18 heavy (non-hydrogen) atoms. The zero-order valence-corrected chi connectivity index (χ0v) is 12.1. The lowest BCUT2D eigenvalue weighted by atomic mass is 9.82. The van der Waals surface area contributed by atoms with E-state index in [-0.39, 0.29) is 11.1 Å². The standard InChI is InChI=1S/C13H23N3O2/c1-8(13(3,4)5)7-16-9(2)15-10(11(16)14)12(17)18-6/h8H,7,14H2,1-6H3. The summed E-state index contributed by atoms with van der Waals surface area (Å²) in [5.74, 6) is 1.05. The van der Waals surface area contributed by atoms with E-state index in [9.17, 15) is 4.79 Å². The summed E-state index contributed by atoms with van der Waals surface area (Å²) < 4.78 is 6.54. The van der Waals surface area contributed by atoms with Gasteiger partial charge in [-0.25, -0.2) is 9.78 Å². The van der Waals surface area contributed by atoms with Crippen LogP contribution in [0.3, 0.4) is 0 Å². The van der Waals surface area contributed by atoms with Gasteiger partial charge in [0.1, 0.15) is 11.6 Å². The molecular formula is C13H23N3O2. The number of methoxy groups -OCH3 is 1. The number of hydrogen-bond donors (Lipinski definition) is 1. The van der Waals surface area contributed by atoms with Crippen LogP contribution in [0.25, 0.3) is 0 Å². The Morgan fingerprint density at radius 3 is 2.50 bits per heavy atom. The number of rotatable bonds is 3. The molecule has 0 fully saturated rings. The first-order valence-corrected chi connectivity index (χ1v) is 6.09. The second-order valence-electron chi connectivity index (χ2n) is 5.76. The van der Waals surface area contributed by atoms with Crippen molar-refractivity contribution in [3.05, 3.63) is 11.5 Å². The van der Waals surface area contributed by atoms with Crippen molar-refractivity contribution in [2.45, 2.75) is 41.2 Å². The number of carbonyl (C=O) groups is 1. The molecule has 102 valence electrons. The number of anilines is 1. The molecule has 1 aromatic rings. The third-order valence-corrected chi connectivity index (χ3v) is 3.51. The van der Waals surface area contributed by atoms with Gasteiger partial charge in [0.15, 0.2) is 5.69 Å².